The molecule has 2 atom stereocenters. The zero-order valence-corrected chi connectivity index (χ0v) is 12.2. The molecule has 6 nitrogen and oxygen atoms in total. The fourth-order valence-electron chi connectivity index (χ4n) is 2.91. The van der Waals surface area contributed by atoms with Gasteiger partial charge in [-0.2, -0.15) is 15.0 Å². The van der Waals surface area contributed by atoms with E-state index in [1.807, 2.05) is 0 Å². The molecule has 1 aromatic heterocycles. The molecular formula is C13H20ClN5O. The van der Waals surface area contributed by atoms with Crippen LogP contribution in [-0.4, -0.2) is 45.3 Å². The van der Waals surface area contributed by atoms with Crippen molar-refractivity contribution in [3.63, 3.8) is 0 Å². The van der Waals surface area contributed by atoms with E-state index < -0.39 is 0 Å². The van der Waals surface area contributed by atoms with Crippen LogP contribution in [0.3, 0.4) is 0 Å². The number of nitrogens with zero attached hydrogens (tertiary/aromatic N) is 4. The molecule has 2 aliphatic rings. The Morgan fingerprint density at radius 2 is 1.80 bits per heavy atom. The molecule has 0 radical (unpaired) electrons. The molecule has 1 aliphatic carbocycles. The normalized spacial score (nSPS) is 26.8. The lowest BCUT2D eigenvalue weighted by Gasteiger charge is -2.28. The van der Waals surface area contributed by atoms with Gasteiger partial charge in [0.05, 0.1) is 12.1 Å². The van der Waals surface area contributed by atoms with E-state index in [4.69, 9.17) is 11.6 Å². The minimum absolute atomic E-state index is 0.00800. The first kappa shape index (κ1) is 13.8. The zero-order valence-electron chi connectivity index (χ0n) is 11.4. The predicted octanol–water partition coefficient (Wildman–Crippen LogP) is 1.84. The second-order valence-electron chi connectivity index (χ2n) is 5.52. The minimum atomic E-state index is -0.338. The average Bonchev–Trinajstić information content (AvgIpc) is 2.95. The molecule has 1 aromatic rings. The van der Waals surface area contributed by atoms with Crippen molar-refractivity contribution >= 4 is 23.5 Å². The van der Waals surface area contributed by atoms with Crippen molar-refractivity contribution in [1.29, 1.82) is 0 Å². The van der Waals surface area contributed by atoms with E-state index >= 15 is 0 Å². The van der Waals surface area contributed by atoms with Crippen LogP contribution in [-0.2, 0) is 0 Å². The molecule has 1 aliphatic heterocycles. The lowest BCUT2D eigenvalue weighted by molar-refractivity contribution is 0.116. The summed E-state index contributed by atoms with van der Waals surface area (Å²) in [5.41, 5.74) is 0. The van der Waals surface area contributed by atoms with Gasteiger partial charge >= 0.3 is 0 Å². The highest BCUT2D eigenvalue weighted by atomic mass is 35.5. The summed E-state index contributed by atoms with van der Waals surface area (Å²) in [4.78, 5) is 14.9. The summed E-state index contributed by atoms with van der Waals surface area (Å²) in [6.45, 7) is 1.93. The van der Waals surface area contributed by atoms with Gasteiger partial charge in [0, 0.05) is 13.1 Å². The first-order chi connectivity index (χ1) is 9.72. The summed E-state index contributed by atoms with van der Waals surface area (Å²) in [5, 5.41) is 13.4. The molecule has 2 N–H and O–H groups in total. The Labute approximate surface area is 123 Å². The largest absolute Gasteiger partial charge is 0.391 e. The van der Waals surface area contributed by atoms with Gasteiger partial charge in [0.2, 0.25) is 17.2 Å². The third-order valence-corrected chi connectivity index (χ3v) is 4.20. The summed E-state index contributed by atoms with van der Waals surface area (Å²) in [5.74, 6) is 1.10. The van der Waals surface area contributed by atoms with Gasteiger partial charge in [-0.3, -0.25) is 0 Å². The van der Waals surface area contributed by atoms with Crippen molar-refractivity contribution in [1.82, 2.24) is 15.0 Å². The standard InChI is InChI=1S/C13H20ClN5O/c14-11-16-12(15-9-5-1-2-6-10(9)20)18-13(17-11)19-7-3-4-8-19/h9-10,20H,1-8H2,(H,15,16,17,18). The maximum absolute atomic E-state index is 10.0. The molecule has 1 saturated heterocycles. The first-order valence-electron chi connectivity index (χ1n) is 7.33. The van der Waals surface area contributed by atoms with Crippen molar-refractivity contribution in [2.75, 3.05) is 23.3 Å². The second-order valence-corrected chi connectivity index (χ2v) is 5.86. The highest BCUT2D eigenvalue weighted by Gasteiger charge is 2.24. The summed E-state index contributed by atoms with van der Waals surface area (Å²) in [6, 6.07) is 0.00800. The Bertz CT molecular complexity index is 466. The molecule has 7 heteroatoms. The maximum atomic E-state index is 10.0. The van der Waals surface area contributed by atoms with Crippen molar-refractivity contribution in [3.05, 3.63) is 5.28 Å². The van der Waals surface area contributed by atoms with Gasteiger partial charge in [-0.25, -0.2) is 0 Å². The number of halogens is 1. The molecule has 2 heterocycles. The van der Waals surface area contributed by atoms with Crippen LogP contribution in [0.25, 0.3) is 0 Å². The Morgan fingerprint density at radius 1 is 1.05 bits per heavy atom. The van der Waals surface area contributed by atoms with Crippen LogP contribution < -0.4 is 10.2 Å². The van der Waals surface area contributed by atoms with E-state index in [2.05, 4.69) is 25.2 Å². The Balaban J connectivity index is 1.75. The highest BCUT2D eigenvalue weighted by molar-refractivity contribution is 6.28. The van der Waals surface area contributed by atoms with E-state index in [0.29, 0.717) is 11.9 Å². The number of aliphatic hydroxyl groups is 1. The van der Waals surface area contributed by atoms with Crippen LogP contribution in [0, 0.1) is 0 Å². The Hall–Kier alpha value is -1.14. The van der Waals surface area contributed by atoms with E-state index in [1.165, 1.54) is 0 Å². The second kappa shape index (κ2) is 6.10. The molecule has 1 saturated carbocycles. The lowest BCUT2D eigenvalue weighted by Crippen LogP contribution is -2.37. The van der Waals surface area contributed by atoms with Crippen molar-refractivity contribution < 1.29 is 5.11 Å². The molecular weight excluding hydrogens is 278 g/mol. The third kappa shape index (κ3) is 3.12. The number of hydrogen-bond acceptors (Lipinski definition) is 6. The molecule has 0 spiro atoms. The number of aliphatic hydroxyl groups excluding tert-OH is 1. The Morgan fingerprint density at radius 3 is 2.55 bits per heavy atom. The SMILES string of the molecule is OC1CCCCC1Nc1nc(Cl)nc(N2CCCC2)n1. The van der Waals surface area contributed by atoms with Crippen molar-refractivity contribution in [2.24, 2.45) is 0 Å². The molecule has 0 aromatic carbocycles. The van der Waals surface area contributed by atoms with Crippen LogP contribution in [0.4, 0.5) is 11.9 Å². The van der Waals surface area contributed by atoms with Gasteiger partial charge < -0.3 is 15.3 Å². The van der Waals surface area contributed by atoms with Crippen LogP contribution in [0.15, 0.2) is 0 Å². The maximum Gasteiger partial charge on any atom is 0.231 e. The van der Waals surface area contributed by atoms with Gasteiger partial charge in [0.25, 0.3) is 0 Å². The molecule has 2 unspecified atom stereocenters. The van der Waals surface area contributed by atoms with Crippen LogP contribution in [0.1, 0.15) is 38.5 Å². The van der Waals surface area contributed by atoms with E-state index in [1.54, 1.807) is 0 Å². The number of hydrogen-bond donors (Lipinski definition) is 2. The molecule has 2 fully saturated rings. The number of nitrogens with one attached hydrogen (secondary N) is 1. The topological polar surface area (TPSA) is 74.2 Å². The molecule has 0 amide bonds. The van der Waals surface area contributed by atoms with Crippen LogP contribution in [0.5, 0.6) is 0 Å². The number of aromatic nitrogens is 3. The van der Waals surface area contributed by atoms with Gasteiger partial charge in [-0.1, -0.05) is 12.8 Å². The quantitative estimate of drug-likeness (QED) is 0.887. The van der Waals surface area contributed by atoms with Crippen LogP contribution >= 0.6 is 11.6 Å². The summed E-state index contributed by atoms with van der Waals surface area (Å²) >= 11 is 5.99. The number of rotatable bonds is 3. The zero-order chi connectivity index (χ0) is 13.9. The van der Waals surface area contributed by atoms with Gasteiger partial charge in [0.15, 0.2) is 0 Å². The van der Waals surface area contributed by atoms with Crippen LogP contribution in [0.2, 0.25) is 5.28 Å². The fraction of sp³-hybridized carbons (Fsp3) is 0.769. The van der Waals surface area contributed by atoms with Gasteiger partial charge in [0.1, 0.15) is 0 Å². The Kier molecular flexibility index (Phi) is 4.21. The molecule has 0 bridgehead atoms. The minimum Gasteiger partial charge on any atom is -0.391 e. The fourth-order valence-corrected chi connectivity index (χ4v) is 3.06. The first-order valence-corrected chi connectivity index (χ1v) is 7.71. The lowest BCUT2D eigenvalue weighted by atomic mass is 9.93. The molecule has 110 valence electrons. The van der Waals surface area contributed by atoms with Crippen molar-refractivity contribution in [2.45, 2.75) is 50.7 Å². The predicted molar refractivity (Wildman–Crippen MR) is 78.2 cm³/mol. The van der Waals surface area contributed by atoms with E-state index in [-0.39, 0.29) is 17.4 Å². The van der Waals surface area contributed by atoms with E-state index in [9.17, 15) is 5.11 Å². The van der Waals surface area contributed by atoms with E-state index in [0.717, 1.165) is 51.6 Å². The number of anilines is 2. The summed E-state index contributed by atoms with van der Waals surface area (Å²) in [7, 11) is 0. The highest BCUT2D eigenvalue weighted by Crippen LogP contribution is 2.23. The van der Waals surface area contributed by atoms with Gasteiger partial charge in [-0.05, 0) is 37.3 Å². The van der Waals surface area contributed by atoms with Gasteiger partial charge in [-0.15, -0.1) is 0 Å². The summed E-state index contributed by atoms with van der Waals surface area (Å²) < 4.78 is 0. The molecule has 3 rings (SSSR count). The third-order valence-electron chi connectivity index (χ3n) is 4.03. The smallest absolute Gasteiger partial charge is 0.231 e. The average molecular weight is 298 g/mol. The molecule has 20 heavy (non-hydrogen) atoms. The monoisotopic (exact) mass is 297 g/mol. The van der Waals surface area contributed by atoms with Crippen molar-refractivity contribution in [3.8, 4) is 0 Å². The summed E-state index contributed by atoms with van der Waals surface area (Å²) in [6.07, 6.45) is 5.94.